The molecule has 0 amide bonds. The summed E-state index contributed by atoms with van der Waals surface area (Å²) in [6.45, 7) is 2.57. The van der Waals surface area contributed by atoms with Crippen molar-refractivity contribution in [3.8, 4) is 5.75 Å². The Morgan fingerprint density at radius 3 is 2.71 bits per heavy atom. The molecule has 122 valence electrons. The third-order valence-corrected chi connectivity index (χ3v) is 4.68. The van der Waals surface area contributed by atoms with Crippen molar-refractivity contribution in [3.63, 3.8) is 0 Å². The average Bonchev–Trinajstić information content (AvgIpc) is 2.60. The SMILES string of the molecule is Cc1cccc(COc2ccc3c4c(c(=O)oc3c2)CCCC4)c1. The molecule has 0 N–H and O–H groups in total. The summed E-state index contributed by atoms with van der Waals surface area (Å²) < 4.78 is 11.4. The number of hydrogen-bond acceptors (Lipinski definition) is 3. The van der Waals surface area contributed by atoms with Crippen molar-refractivity contribution in [2.24, 2.45) is 0 Å². The molecule has 0 aliphatic heterocycles. The van der Waals surface area contributed by atoms with Gasteiger partial charge in [-0.1, -0.05) is 29.8 Å². The molecule has 0 saturated carbocycles. The first-order valence-corrected chi connectivity index (χ1v) is 8.48. The summed E-state index contributed by atoms with van der Waals surface area (Å²) in [7, 11) is 0. The van der Waals surface area contributed by atoms with Gasteiger partial charge in [0, 0.05) is 17.0 Å². The second-order valence-electron chi connectivity index (χ2n) is 6.49. The van der Waals surface area contributed by atoms with Gasteiger partial charge in [-0.2, -0.15) is 0 Å². The molecular formula is C21H20O3. The van der Waals surface area contributed by atoms with Crippen LogP contribution in [-0.2, 0) is 19.4 Å². The third-order valence-electron chi connectivity index (χ3n) is 4.68. The van der Waals surface area contributed by atoms with E-state index < -0.39 is 0 Å². The Balaban J connectivity index is 1.65. The molecule has 0 atom stereocenters. The van der Waals surface area contributed by atoms with Crippen molar-refractivity contribution in [2.75, 3.05) is 0 Å². The zero-order valence-electron chi connectivity index (χ0n) is 13.8. The number of aryl methyl sites for hydroxylation is 2. The van der Waals surface area contributed by atoms with Gasteiger partial charge in [0.2, 0.25) is 0 Å². The van der Waals surface area contributed by atoms with E-state index >= 15 is 0 Å². The second kappa shape index (κ2) is 6.16. The lowest BCUT2D eigenvalue weighted by molar-refractivity contribution is 0.306. The maximum absolute atomic E-state index is 12.2. The molecule has 0 radical (unpaired) electrons. The lowest BCUT2D eigenvalue weighted by Gasteiger charge is -2.16. The van der Waals surface area contributed by atoms with Crippen LogP contribution in [0.3, 0.4) is 0 Å². The van der Waals surface area contributed by atoms with Crippen molar-refractivity contribution in [1.82, 2.24) is 0 Å². The van der Waals surface area contributed by atoms with Crippen LogP contribution in [0.5, 0.6) is 5.75 Å². The van der Waals surface area contributed by atoms with E-state index in [4.69, 9.17) is 9.15 Å². The van der Waals surface area contributed by atoms with Crippen molar-refractivity contribution >= 4 is 11.0 Å². The predicted molar refractivity (Wildman–Crippen MR) is 94.6 cm³/mol. The topological polar surface area (TPSA) is 39.4 Å². The molecule has 3 nitrogen and oxygen atoms in total. The number of ether oxygens (including phenoxy) is 1. The van der Waals surface area contributed by atoms with Crippen LogP contribution in [0.25, 0.3) is 11.0 Å². The maximum Gasteiger partial charge on any atom is 0.339 e. The fourth-order valence-corrected chi connectivity index (χ4v) is 3.48. The molecule has 4 rings (SSSR count). The minimum absolute atomic E-state index is 0.187. The molecule has 0 bridgehead atoms. The monoisotopic (exact) mass is 320 g/mol. The Morgan fingerprint density at radius 2 is 1.88 bits per heavy atom. The minimum Gasteiger partial charge on any atom is -0.489 e. The fraction of sp³-hybridized carbons (Fsp3) is 0.286. The van der Waals surface area contributed by atoms with Gasteiger partial charge >= 0.3 is 5.63 Å². The molecular weight excluding hydrogens is 300 g/mol. The van der Waals surface area contributed by atoms with Crippen molar-refractivity contribution < 1.29 is 9.15 Å². The first kappa shape index (κ1) is 15.0. The molecule has 3 heteroatoms. The summed E-state index contributed by atoms with van der Waals surface area (Å²) in [4.78, 5) is 12.2. The standard InChI is InChI=1S/C21H20O3/c1-14-5-4-6-15(11-14)13-23-16-9-10-18-17-7-2-3-8-19(17)21(22)24-20(18)12-16/h4-6,9-12H,2-3,7-8,13H2,1H3. The highest BCUT2D eigenvalue weighted by molar-refractivity contribution is 5.82. The van der Waals surface area contributed by atoms with E-state index in [2.05, 4.69) is 19.1 Å². The van der Waals surface area contributed by atoms with Crippen LogP contribution < -0.4 is 10.4 Å². The van der Waals surface area contributed by atoms with E-state index in [0.717, 1.165) is 53.5 Å². The summed E-state index contributed by atoms with van der Waals surface area (Å²) >= 11 is 0. The normalized spacial score (nSPS) is 13.7. The molecule has 0 unspecified atom stereocenters. The Morgan fingerprint density at radius 1 is 1.04 bits per heavy atom. The van der Waals surface area contributed by atoms with E-state index in [9.17, 15) is 4.79 Å². The van der Waals surface area contributed by atoms with E-state index in [-0.39, 0.29) is 5.63 Å². The van der Waals surface area contributed by atoms with E-state index in [1.54, 1.807) is 0 Å². The smallest absolute Gasteiger partial charge is 0.339 e. The van der Waals surface area contributed by atoms with Crippen LogP contribution in [0, 0.1) is 6.92 Å². The molecule has 0 spiro atoms. The van der Waals surface area contributed by atoms with Gasteiger partial charge in [-0.05, 0) is 55.9 Å². The minimum atomic E-state index is -0.187. The van der Waals surface area contributed by atoms with Crippen LogP contribution in [0.4, 0.5) is 0 Å². The molecule has 1 heterocycles. The quantitative estimate of drug-likeness (QED) is 0.664. The van der Waals surface area contributed by atoms with Crippen LogP contribution >= 0.6 is 0 Å². The summed E-state index contributed by atoms with van der Waals surface area (Å²) in [6.07, 6.45) is 4.00. The highest BCUT2D eigenvalue weighted by Crippen LogP contribution is 2.29. The van der Waals surface area contributed by atoms with Gasteiger partial charge in [-0.3, -0.25) is 0 Å². The molecule has 24 heavy (non-hydrogen) atoms. The van der Waals surface area contributed by atoms with Gasteiger partial charge in [0.15, 0.2) is 0 Å². The maximum atomic E-state index is 12.2. The van der Waals surface area contributed by atoms with Crippen molar-refractivity contribution in [1.29, 1.82) is 0 Å². The fourth-order valence-electron chi connectivity index (χ4n) is 3.48. The van der Waals surface area contributed by atoms with Crippen LogP contribution in [0.15, 0.2) is 51.7 Å². The Labute approximate surface area is 140 Å². The molecule has 3 aromatic rings. The van der Waals surface area contributed by atoms with Crippen LogP contribution in [0.1, 0.15) is 35.1 Å². The largest absolute Gasteiger partial charge is 0.489 e. The Bertz CT molecular complexity index is 953. The number of benzene rings is 2. The number of hydrogen-bond donors (Lipinski definition) is 0. The molecule has 1 aliphatic rings. The molecule has 2 aromatic carbocycles. The average molecular weight is 320 g/mol. The zero-order valence-corrected chi connectivity index (χ0v) is 13.8. The van der Waals surface area contributed by atoms with Crippen molar-refractivity contribution in [2.45, 2.75) is 39.2 Å². The molecule has 0 fully saturated rings. The number of fused-ring (bicyclic) bond motifs is 3. The first-order chi connectivity index (χ1) is 11.7. The lowest BCUT2D eigenvalue weighted by atomic mass is 9.91. The van der Waals surface area contributed by atoms with Gasteiger partial charge < -0.3 is 9.15 Å². The van der Waals surface area contributed by atoms with Crippen LogP contribution in [-0.4, -0.2) is 0 Å². The lowest BCUT2D eigenvalue weighted by Crippen LogP contribution is -2.15. The van der Waals surface area contributed by atoms with Crippen molar-refractivity contribution in [3.05, 3.63) is 75.1 Å². The third kappa shape index (κ3) is 2.82. The van der Waals surface area contributed by atoms with Crippen LogP contribution in [0.2, 0.25) is 0 Å². The highest BCUT2D eigenvalue weighted by atomic mass is 16.5. The van der Waals surface area contributed by atoms with E-state index in [0.29, 0.717) is 12.2 Å². The molecule has 0 saturated heterocycles. The first-order valence-electron chi connectivity index (χ1n) is 8.48. The summed E-state index contributed by atoms with van der Waals surface area (Å²) in [5, 5.41) is 1.05. The zero-order chi connectivity index (χ0) is 16.5. The summed E-state index contributed by atoms with van der Waals surface area (Å²) in [6, 6.07) is 14.1. The van der Waals surface area contributed by atoms with Gasteiger partial charge in [-0.15, -0.1) is 0 Å². The van der Waals surface area contributed by atoms with E-state index in [1.807, 2.05) is 30.3 Å². The predicted octanol–water partition coefficient (Wildman–Crippen LogP) is 4.56. The molecule has 1 aliphatic carbocycles. The van der Waals surface area contributed by atoms with Gasteiger partial charge in [-0.25, -0.2) is 4.79 Å². The van der Waals surface area contributed by atoms with Gasteiger partial charge in [0.25, 0.3) is 0 Å². The van der Waals surface area contributed by atoms with Gasteiger partial charge in [0.05, 0.1) is 0 Å². The van der Waals surface area contributed by atoms with Gasteiger partial charge in [0.1, 0.15) is 17.9 Å². The molecule has 1 aromatic heterocycles. The Hall–Kier alpha value is -2.55. The second-order valence-corrected chi connectivity index (χ2v) is 6.49. The number of rotatable bonds is 3. The summed E-state index contributed by atoms with van der Waals surface area (Å²) in [5.41, 5.74) is 4.81. The highest BCUT2D eigenvalue weighted by Gasteiger charge is 2.18. The summed E-state index contributed by atoms with van der Waals surface area (Å²) in [5.74, 6) is 0.725. The Kier molecular flexibility index (Phi) is 3.85. The van der Waals surface area contributed by atoms with E-state index in [1.165, 1.54) is 5.56 Å².